The van der Waals surface area contributed by atoms with E-state index < -0.39 is 0 Å². The molecule has 1 saturated carbocycles. The van der Waals surface area contributed by atoms with Crippen LogP contribution in [0.1, 0.15) is 53.2 Å². The maximum Gasteiger partial charge on any atom is 0.267 e. The number of hydrogen-bond donors (Lipinski definition) is 0. The molecule has 1 aromatic heterocycles. The standard InChI is InChI=1S/C20H21N3O2S/c24-18-16(12-21-20-22(18)10-11-26-20)19(25)23(14-8-9-14)17-7-3-5-13-4-1-2-6-15(13)17/h1-2,4,6,12,14,17H,3,5,7-11H2/t17-/m1/s1. The molecule has 2 aromatic rings. The second kappa shape index (κ2) is 6.27. The van der Waals surface area contributed by atoms with Gasteiger partial charge in [0.1, 0.15) is 5.56 Å². The van der Waals surface area contributed by atoms with Gasteiger partial charge in [-0.25, -0.2) is 4.98 Å². The number of aryl methyl sites for hydroxylation is 1. The molecule has 5 rings (SSSR count). The molecule has 0 radical (unpaired) electrons. The van der Waals surface area contributed by atoms with Crippen LogP contribution in [0.5, 0.6) is 0 Å². The number of carbonyl (C=O) groups is 1. The normalized spacial score (nSPS) is 21.2. The third-order valence-corrected chi connectivity index (χ3v) is 6.61. The minimum atomic E-state index is -0.181. The molecule has 2 aliphatic carbocycles. The number of aromatic nitrogens is 2. The van der Waals surface area contributed by atoms with E-state index in [4.69, 9.17) is 0 Å². The first kappa shape index (κ1) is 16.1. The van der Waals surface area contributed by atoms with Crippen molar-refractivity contribution < 1.29 is 4.79 Å². The van der Waals surface area contributed by atoms with E-state index in [-0.39, 0.29) is 29.1 Å². The summed E-state index contributed by atoms with van der Waals surface area (Å²) in [7, 11) is 0. The lowest BCUT2D eigenvalue weighted by Gasteiger charge is -2.36. The van der Waals surface area contributed by atoms with Gasteiger partial charge in [-0.15, -0.1) is 0 Å². The quantitative estimate of drug-likeness (QED) is 0.783. The maximum absolute atomic E-state index is 13.4. The summed E-state index contributed by atoms with van der Waals surface area (Å²) in [5.41, 5.74) is 2.64. The highest BCUT2D eigenvalue weighted by atomic mass is 32.2. The Balaban J connectivity index is 1.55. The monoisotopic (exact) mass is 367 g/mol. The lowest BCUT2D eigenvalue weighted by atomic mass is 9.86. The van der Waals surface area contributed by atoms with E-state index in [2.05, 4.69) is 29.2 Å². The molecular formula is C20H21N3O2S. The average molecular weight is 367 g/mol. The van der Waals surface area contributed by atoms with Gasteiger partial charge in [0, 0.05) is 24.5 Å². The Morgan fingerprint density at radius 2 is 2.08 bits per heavy atom. The number of nitrogens with zero attached hydrogens (tertiary/aromatic N) is 3. The van der Waals surface area contributed by atoms with Gasteiger partial charge in [0.2, 0.25) is 0 Å². The zero-order valence-corrected chi connectivity index (χ0v) is 15.4. The van der Waals surface area contributed by atoms with Crippen LogP contribution in [0.15, 0.2) is 40.4 Å². The number of rotatable bonds is 3. The van der Waals surface area contributed by atoms with Crippen molar-refractivity contribution in [2.75, 3.05) is 5.75 Å². The van der Waals surface area contributed by atoms with Crippen molar-refractivity contribution in [3.8, 4) is 0 Å². The molecule has 0 spiro atoms. The van der Waals surface area contributed by atoms with Crippen LogP contribution in [0.4, 0.5) is 0 Å². The highest BCUT2D eigenvalue weighted by Gasteiger charge is 2.40. The van der Waals surface area contributed by atoms with Crippen LogP contribution in [-0.2, 0) is 13.0 Å². The van der Waals surface area contributed by atoms with Crippen molar-refractivity contribution >= 4 is 17.7 Å². The predicted molar refractivity (Wildman–Crippen MR) is 101 cm³/mol. The van der Waals surface area contributed by atoms with Crippen molar-refractivity contribution in [3.63, 3.8) is 0 Å². The summed E-state index contributed by atoms with van der Waals surface area (Å²) in [4.78, 5) is 32.6. The predicted octanol–water partition coefficient (Wildman–Crippen LogP) is 3.03. The molecule has 1 fully saturated rings. The highest BCUT2D eigenvalue weighted by molar-refractivity contribution is 7.99. The first-order valence-corrected chi connectivity index (χ1v) is 10.4. The Kier molecular flexibility index (Phi) is 3.89. The number of amides is 1. The van der Waals surface area contributed by atoms with Crippen LogP contribution in [0.2, 0.25) is 0 Å². The first-order valence-electron chi connectivity index (χ1n) is 9.37. The molecule has 1 atom stereocenters. The molecule has 0 N–H and O–H groups in total. The molecule has 3 aliphatic rings. The van der Waals surface area contributed by atoms with Gasteiger partial charge < -0.3 is 4.90 Å². The van der Waals surface area contributed by atoms with Crippen LogP contribution in [0.25, 0.3) is 0 Å². The highest BCUT2D eigenvalue weighted by Crippen LogP contribution is 2.41. The van der Waals surface area contributed by atoms with Crippen LogP contribution >= 0.6 is 11.8 Å². The van der Waals surface area contributed by atoms with Crippen molar-refractivity contribution in [3.05, 3.63) is 57.5 Å². The van der Waals surface area contributed by atoms with Crippen LogP contribution in [0.3, 0.4) is 0 Å². The molecule has 26 heavy (non-hydrogen) atoms. The molecule has 1 aromatic carbocycles. The Bertz CT molecular complexity index is 935. The van der Waals surface area contributed by atoms with Crippen molar-refractivity contribution in [2.24, 2.45) is 0 Å². The number of hydrogen-bond acceptors (Lipinski definition) is 4. The van der Waals surface area contributed by atoms with Gasteiger partial charge in [-0.1, -0.05) is 36.0 Å². The molecule has 1 aliphatic heterocycles. The van der Waals surface area contributed by atoms with Gasteiger partial charge in [0.15, 0.2) is 5.16 Å². The summed E-state index contributed by atoms with van der Waals surface area (Å²) in [6, 6.07) is 8.76. The van der Waals surface area contributed by atoms with E-state index in [0.29, 0.717) is 6.54 Å². The van der Waals surface area contributed by atoms with Gasteiger partial charge in [0.25, 0.3) is 11.5 Å². The van der Waals surface area contributed by atoms with Gasteiger partial charge in [0.05, 0.1) is 6.04 Å². The van der Waals surface area contributed by atoms with Crippen LogP contribution in [-0.4, -0.2) is 32.2 Å². The van der Waals surface area contributed by atoms with Gasteiger partial charge in [-0.3, -0.25) is 14.2 Å². The zero-order valence-electron chi connectivity index (χ0n) is 14.6. The fourth-order valence-electron chi connectivity index (χ4n) is 4.24. The largest absolute Gasteiger partial charge is 0.328 e. The van der Waals surface area contributed by atoms with Gasteiger partial charge in [-0.2, -0.15) is 0 Å². The molecule has 1 amide bonds. The van der Waals surface area contributed by atoms with E-state index in [9.17, 15) is 9.59 Å². The number of fused-ring (bicyclic) bond motifs is 2. The summed E-state index contributed by atoms with van der Waals surface area (Å²) in [6.07, 6.45) is 6.67. The Hall–Kier alpha value is -2.08. The zero-order chi connectivity index (χ0) is 17.7. The summed E-state index contributed by atoms with van der Waals surface area (Å²) in [6.45, 7) is 0.642. The smallest absolute Gasteiger partial charge is 0.267 e. The average Bonchev–Trinajstić information content (AvgIpc) is 3.37. The van der Waals surface area contributed by atoms with Crippen molar-refractivity contribution in [1.82, 2.24) is 14.5 Å². The number of carbonyl (C=O) groups excluding carboxylic acids is 1. The SMILES string of the molecule is O=C(c1cnc2n(c1=O)CCS2)N(C1CC1)[C@@H]1CCCc2ccccc21. The third-order valence-electron chi connectivity index (χ3n) is 5.64. The summed E-state index contributed by atoms with van der Waals surface area (Å²) < 4.78 is 1.65. The fourth-order valence-corrected chi connectivity index (χ4v) is 5.15. The molecule has 134 valence electrons. The van der Waals surface area contributed by atoms with Crippen LogP contribution in [0, 0.1) is 0 Å². The van der Waals surface area contributed by atoms with E-state index in [1.807, 2.05) is 4.90 Å². The minimum Gasteiger partial charge on any atom is -0.328 e. The Morgan fingerprint density at radius 1 is 1.23 bits per heavy atom. The second-order valence-electron chi connectivity index (χ2n) is 7.31. The molecule has 5 nitrogen and oxygen atoms in total. The summed E-state index contributed by atoms with van der Waals surface area (Å²) >= 11 is 1.58. The lowest BCUT2D eigenvalue weighted by molar-refractivity contribution is 0.0634. The molecule has 6 heteroatoms. The first-order chi connectivity index (χ1) is 12.7. The lowest BCUT2D eigenvalue weighted by Crippen LogP contribution is -2.41. The van der Waals surface area contributed by atoms with E-state index in [0.717, 1.165) is 43.0 Å². The molecule has 0 unspecified atom stereocenters. The summed E-state index contributed by atoms with van der Waals surface area (Å²) in [5, 5.41) is 0.729. The minimum absolute atomic E-state index is 0.0759. The van der Waals surface area contributed by atoms with E-state index in [1.54, 1.807) is 16.3 Å². The third kappa shape index (κ3) is 2.58. The molecule has 0 bridgehead atoms. The van der Waals surface area contributed by atoms with Crippen LogP contribution < -0.4 is 5.56 Å². The molecular weight excluding hydrogens is 346 g/mol. The van der Waals surface area contributed by atoms with Gasteiger partial charge >= 0.3 is 0 Å². The second-order valence-corrected chi connectivity index (χ2v) is 8.37. The maximum atomic E-state index is 13.4. The summed E-state index contributed by atoms with van der Waals surface area (Å²) in [5.74, 6) is 0.710. The fraction of sp³-hybridized carbons (Fsp3) is 0.450. The van der Waals surface area contributed by atoms with E-state index in [1.165, 1.54) is 17.3 Å². The van der Waals surface area contributed by atoms with Crippen molar-refractivity contribution in [1.29, 1.82) is 0 Å². The van der Waals surface area contributed by atoms with Crippen molar-refractivity contribution in [2.45, 2.75) is 55.9 Å². The number of benzene rings is 1. The Labute approximate surface area is 156 Å². The molecule has 0 saturated heterocycles. The topological polar surface area (TPSA) is 55.2 Å². The van der Waals surface area contributed by atoms with E-state index >= 15 is 0 Å². The molecule has 2 heterocycles. The van der Waals surface area contributed by atoms with Gasteiger partial charge in [-0.05, 0) is 43.2 Å². The Morgan fingerprint density at radius 3 is 2.92 bits per heavy atom. The number of thioether (sulfide) groups is 1.